The van der Waals surface area contributed by atoms with Crippen LogP contribution in [0.2, 0.25) is 0 Å². The molecule has 0 atom stereocenters. The second-order valence-electron chi connectivity index (χ2n) is 9.85. The van der Waals surface area contributed by atoms with Gasteiger partial charge in [0.15, 0.2) is 0 Å². The summed E-state index contributed by atoms with van der Waals surface area (Å²) in [5.74, 6) is 0.960. The number of carbonyl (C=O) groups excluding carboxylic acids is 2. The van der Waals surface area contributed by atoms with E-state index in [-0.39, 0.29) is 12.5 Å². The van der Waals surface area contributed by atoms with Crippen molar-refractivity contribution in [1.82, 2.24) is 15.2 Å². The zero-order valence-electron chi connectivity index (χ0n) is 23.0. The summed E-state index contributed by atoms with van der Waals surface area (Å²) in [6.45, 7) is 2.31. The molecule has 0 aliphatic carbocycles. The predicted molar refractivity (Wildman–Crippen MR) is 158 cm³/mol. The molecule has 1 saturated heterocycles. The van der Waals surface area contributed by atoms with Crippen molar-refractivity contribution in [1.29, 1.82) is 5.26 Å². The van der Waals surface area contributed by atoms with Crippen LogP contribution < -0.4 is 16.0 Å². The van der Waals surface area contributed by atoms with E-state index in [4.69, 9.17) is 10.00 Å². The lowest BCUT2D eigenvalue weighted by Crippen LogP contribution is -2.38. The van der Waals surface area contributed by atoms with Crippen molar-refractivity contribution in [2.45, 2.75) is 38.7 Å². The number of piperidine rings is 1. The SMILES string of the molecule is N#C/N=C(\NCCCCC1CCN(C(=O)c2cccc(NC(=O)OCc3ccccc3)c2)CC1)Nc1cccnc1. The molecule has 41 heavy (non-hydrogen) atoms. The van der Waals surface area contributed by atoms with Crippen molar-refractivity contribution in [2.75, 3.05) is 30.3 Å². The van der Waals surface area contributed by atoms with Gasteiger partial charge >= 0.3 is 6.09 Å². The number of nitrogens with zero attached hydrogens (tertiary/aromatic N) is 4. The smallest absolute Gasteiger partial charge is 0.411 e. The van der Waals surface area contributed by atoms with Gasteiger partial charge in [0, 0.05) is 37.1 Å². The first-order valence-corrected chi connectivity index (χ1v) is 13.9. The van der Waals surface area contributed by atoms with Crippen molar-refractivity contribution in [3.63, 3.8) is 0 Å². The lowest BCUT2D eigenvalue weighted by atomic mass is 9.91. The molecular weight excluding hydrogens is 518 g/mol. The molecule has 0 bridgehead atoms. The monoisotopic (exact) mass is 553 g/mol. The Morgan fingerprint density at radius 3 is 2.56 bits per heavy atom. The Morgan fingerprint density at radius 2 is 1.80 bits per heavy atom. The van der Waals surface area contributed by atoms with Gasteiger partial charge in [-0.1, -0.05) is 49.2 Å². The van der Waals surface area contributed by atoms with E-state index in [2.05, 4.69) is 25.9 Å². The molecule has 0 spiro atoms. The second kappa shape index (κ2) is 15.6. The average molecular weight is 554 g/mol. The highest BCUT2D eigenvalue weighted by Gasteiger charge is 2.23. The molecule has 0 unspecified atom stereocenters. The number of rotatable bonds is 10. The number of guanidine groups is 1. The Labute approximate surface area is 240 Å². The lowest BCUT2D eigenvalue weighted by Gasteiger charge is -2.32. The molecule has 2 amide bonds. The first-order valence-electron chi connectivity index (χ1n) is 13.9. The molecule has 0 saturated carbocycles. The van der Waals surface area contributed by atoms with Gasteiger partial charge in [-0.25, -0.2) is 4.79 Å². The van der Waals surface area contributed by atoms with Gasteiger partial charge in [0.2, 0.25) is 12.2 Å². The summed E-state index contributed by atoms with van der Waals surface area (Å²) in [5, 5.41) is 17.9. The minimum Gasteiger partial charge on any atom is -0.444 e. The third-order valence-corrected chi connectivity index (χ3v) is 6.89. The van der Waals surface area contributed by atoms with Crippen molar-refractivity contribution < 1.29 is 14.3 Å². The van der Waals surface area contributed by atoms with E-state index in [0.29, 0.717) is 42.8 Å². The van der Waals surface area contributed by atoms with Crippen LogP contribution in [0.5, 0.6) is 0 Å². The predicted octanol–water partition coefficient (Wildman–Crippen LogP) is 5.39. The molecule has 212 valence electrons. The number of nitrogens with one attached hydrogen (secondary N) is 3. The molecule has 2 aromatic carbocycles. The number of aromatic nitrogens is 1. The highest BCUT2D eigenvalue weighted by molar-refractivity contribution is 5.96. The maximum atomic E-state index is 13.1. The minimum absolute atomic E-state index is 0.0284. The number of likely N-dealkylation sites (tertiary alicyclic amines) is 1. The summed E-state index contributed by atoms with van der Waals surface area (Å²) in [6, 6.07) is 20.1. The average Bonchev–Trinajstić information content (AvgIpc) is 3.01. The van der Waals surface area contributed by atoms with E-state index in [1.807, 2.05) is 53.6 Å². The van der Waals surface area contributed by atoms with Crippen molar-refractivity contribution in [3.8, 4) is 6.19 Å². The Morgan fingerprint density at radius 1 is 1.00 bits per heavy atom. The largest absolute Gasteiger partial charge is 0.444 e. The van der Waals surface area contributed by atoms with E-state index in [9.17, 15) is 9.59 Å². The number of carbonyl (C=O) groups is 2. The van der Waals surface area contributed by atoms with Crippen LogP contribution in [0.15, 0.2) is 84.1 Å². The van der Waals surface area contributed by atoms with Gasteiger partial charge in [0.25, 0.3) is 5.91 Å². The fourth-order valence-corrected chi connectivity index (χ4v) is 4.71. The highest BCUT2D eigenvalue weighted by atomic mass is 16.5. The van der Waals surface area contributed by atoms with E-state index < -0.39 is 6.09 Å². The maximum Gasteiger partial charge on any atom is 0.411 e. The van der Waals surface area contributed by atoms with Crippen molar-refractivity contribution >= 4 is 29.3 Å². The van der Waals surface area contributed by atoms with Gasteiger partial charge in [0.1, 0.15) is 6.61 Å². The number of nitriles is 1. The number of pyridine rings is 1. The molecular formula is C31H35N7O3. The van der Waals surface area contributed by atoms with Crippen LogP contribution in [-0.2, 0) is 11.3 Å². The normalized spacial score (nSPS) is 13.6. The first kappa shape index (κ1) is 29.1. The van der Waals surface area contributed by atoms with E-state index in [1.165, 1.54) is 0 Å². The van der Waals surface area contributed by atoms with Crippen LogP contribution >= 0.6 is 0 Å². The van der Waals surface area contributed by atoms with E-state index in [1.54, 1.807) is 36.7 Å². The fraction of sp³-hybridized carbons (Fsp3) is 0.323. The zero-order chi connectivity index (χ0) is 28.7. The topological polar surface area (TPSA) is 132 Å². The molecule has 2 heterocycles. The number of ether oxygens (including phenoxy) is 1. The number of aliphatic imine (C=N–C) groups is 1. The number of hydrogen-bond donors (Lipinski definition) is 3. The van der Waals surface area contributed by atoms with Gasteiger partial charge in [-0.05, 0) is 61.1 Å². The van der Waals surface area contributed by atoms with Crippen molar-refractivity contribution in [2.24, 2.45) is 10.9 Å². The van der Waals surface area contributed by atoms with Gasteiger partial charge in [0.05, 0.1) is 11.9 Å². The Hall–Kier alpha value is -4.91. The molecule has 0 radical (unpaired) electrons. The third-order valence-electron chi connectivity index (χ3n) is 6.89. The van der Waals surface area contributed by atoms with Crippen LogP contribution in [0, 0.1) is 17.4 Å². The number of unbranched alkanes of at least 4 members (excludes halogenated alkanes) is 1. The summed E-state index contributed by atoms with van der Waals surface area (Å²) in [6.07, 6.45) is 9.63. The maximum absolute atomic E-state index is 13.1. The summed E-state index contributed by atoms with van der Waals surface area (Å²) in [5.41, 5.74) is 2.74. The number of anilines is 2. The molecule has 10 nitrogen and oxygen atoms in total. The highest BCUT2D eigenvalue weighted by Crippen LogP contribution is 2.24. The zero-order valence-corrected chi connectivity index (χ0v) is 23.0. The summed E-state index contributed by atoms with van der Waals surface area (Å²) in [7, 11) is 0. The first-order chi connectivity index (χ1) is 20.1. The number of amides is 2. The molecule has 1 aromatic heterocycles. The number of hydrogen-bond acceptors (Lipinski definition) is 6. The van der Waals surface area contributed by atoms with E-state index >= 15 is 0 Å². The van der Waals surface area contributed by atoms with E-state index in [0.717, 1.165) is 43.4 Å². The van der Waals surface area contributed by atoms with Crippen LogP contribution in [-0.4, -0.2) is 47.5 Å². The Kier molecular flexibility index (Phi) is 11.1. The van der Waals surface area contributed by atoms with Gasteiger partial charge in [-0.15, -0.1) is 4.99 Å². The van der Waals surface area contributed by atoms with Crippen LogP contribution in [0.25, 0.3) is 0 Å². The molecule has 4 rings (SSSR count). The van der Waals surface area contributed by atoms with Crippen LogP contribution in [0.4, 0.5) is 16.2 Å². The molecule has 10 heteroatoms. The quantitative estimate of drug-likeness (QED) is 0.133. The van der Waals surface area contributed by atoms with Crippen molar-refractivity contribution in [3.05, 3.63) is 90.3 Å². The number of benzene rings is 2. The molecule has 3 N–H and O–H groups in total. The summed E-state index contributed by atoms with van der Waals surface area (Å²) < 4.78 is 5.28. The van der Waals surface area contributed by atoms with Crippen LogP contribution in [0.3, 0.4) is 0 Å². The summed E-state index contributed by atoms with van der Waals surface area (Å²) in [4.78, 5) is 35.1. The Balaban J connectivity index is 1.14. The second-order valence-corrected chi connectivity index (χ2v) is 9.85. The molecule has 3 aromatic rings. The minimum atomic E-state index is -0.562. The molecule has 1 aliphatic heterocycles. The van der Waals surface area contributed by atoms with Gasteiger partial charge < -0.3 is 20.3 Å². The third kappa shape index (κ3) is 9.65. The van der Waals surface area contributed by atoms with Crippen LogP contribution in [0.1, 0.15) is 48.0 Å². The van der Waals surface area contributed by atoms with Gasteiger partial charge in [-0.2, -0.15) is 5.26 Å². The summed E-state index contributed by atoms with van der Waals surface area (Å²) >= 11 is 0. The fourth-order valence-electron chi connectivity index (χ4n) is 4.71. The Bertz CT molecular complexity index is 1330. The van der Waals surface area contributed by atoms with Gasteiger partial charge in [-0.3, -0.25) is 15.1 Å². The lowest BCUT2D eigenvalue weighted by molar-refractivity contribution is 0.0685. The molecule has 1 aliphatic rings. The standard InChI is InChI=1S/C31H35N7O3/c32-23-35-30(36-28-13-7-16-33-21-28)34-17-5-4-8-24-14-18-38(19-15-24)29(39)26-11-6-12-27(20-26)37-31(40)41-22-25-9-2-1-3-10-25/h1-3,6-7,9-13,16,20-21,24H,4-5,8,14-15,17-19,22H2,(H,37,40)(H2,34,35,36). The molecule has 1 fully saturated rings.